The lowest BCUT2D eigenvalue weighted by Gasteiger charge is -2.10. The van der Waals surface area contributed by atoms with Gasteiger partial charge in [-0.1, -0.05) is 15.9 Å². The molecule has 1 aliphatic rings. The number of nitriles is 1. The molecule has 0 bridgehead atoms. The van der Waals surface area contributed by atoms with E-state index in [1.165, 1.54) is 5.56 Å². The first-order chi connectivity index (χ1) is 8.20. The van der Waals surface area contributed by atoms with Crippen molar-refractivity contribution in [1.82, 2.24) is 5.32 Å². The molecule has 0 aromatic heterocycles. The molecule has 1 N–H and O–H groups in total. The topological polar surface area (TPSA) is 45.0 Å². The highest BCUT2D eigenvalue weighted by Gasteiger charge is 2.17. The van der Waals surface area contributed by atoms with Crippen molar-refractivity contribution >= 4 is 15.9 Å². The van der Waals surface area contributed by atoms with Crippen LogP contribution in [0.25, 0.3) is 0 Å². The van der Waals surface area contributed by atoms with Crippen molar-refractivity contribution in [2.24, 2.45) is 5.92 Å². The number of nitrogens with zero attached hydrogens (tertiary/aromatic N) is 1. The maximum absolute atomic E-state index is 8.71. The number of halogens is 1. The second-order valence-electron chi connectivity index (χ2n) is 4.31. The second-order valence-corrected chi connectivity index (χ2v) is 5.23. The Kier molecular flexibility index (Phi) is 4.03. The summed E-state index contributed by atoms with van der Waals surface area (Å²) >= 11 is 3.51. The summed E-state index contributed by atoms with van der Waals surface area (Å²) in [5.41, 5.74) is 2.43. The van der Waals surface area contributed by atoms with E-state index in [9.17, 15) is 0 Å². The van der Waals surface area contributed by atoms with E-state index in [-0.39, 0.29) is 5.92 Å². The molecule has 0 saturated carbocycles. The molecule has 1 atom stereocenters. The molecule has 2 rings (SSSR count). The molecule has 0 aliphatic carbocycles. The average molecular weight is 295 g/mol. The Morgan fingerprint density at radius 2 is 2.41 bits per heavy atom. The molecular formula is C13H15BrN2O. The lowest BCUT2D eigenvalue weighted by atomic mass is 10.1. The van der Waals surface area contributed by atoms with Crippen molar-refractivity contribution in [3.8, 4) is 11.8 Å². The summed E-state index contributed by atoms with van der Waals surface area (Å²) in [7, 11) is 0. The van der Waals surface area contributed by atoms with Crippen LogP contribution >= 0.6 is 15.9 Å². The molecule has 17 heavy (non-hydrogen) atoms. The summed E-state index contributed by atoms with van der Waals surface area (Å²) < 4.78 is 6.73. The van der Waals surface area contributed by atoms with Gasteiger partial charge >= 0.3 is 0 Å². The van der Waals surface area contributed by atoms with Gasteiger partial charge in [0.15, 0.2) is 0 Å². The van der Waals surface area contributed by atoms with Crippen LogP contribution in [0.5, 0.6) is 5.75 Å². The van der Waals surface area contributed by atoms with Gasteiger partial charge in [-0.2, -0.15) is 5.26 Å². The molecular weight excluding hydrogens is 280 g/mol. The average Bonchev–Trinajstić information content (AvgIpc) is 2.76. The Morgan fingerprint density at radius 1 is 1.59 bits per heavy atom. The maximum atomic E-state index is 8.71. The van der Waals surface area contributed by atoms with E-state index in [4.69, 9.17) is 10.00 Å². The van der Waals surface area contributed by atoms with Gasteiger partial charge < -0.3 is 10.1 Å². The monoisotopic (exact) mass is 294 g/mol. The van der Waals surface area contributed by atoms with Crippen LogP contribution in [0.1, 0.15) is 18.1 Å². The molecule has 1 aromatic carbocycles. The molecule has 0 saturated heterocycles. The van der Waals surface area contributed by atoms with Gasteiger partial charge in [0.25, 0.3) is 0 Å². The second kappa shape index (κ2) is 5.52. The van der Waals surface area contributed by atoms with Gasteiger partial charge in [-0.3, -0.25) is 0 Å². The zero-order valence-corrected chi connectivity index (χ0v) is 11.4. The molecule has 0 amide bonds. The van der Waals surface area contributed by atoms with Crippen molar-refractivity contribution in [1.29, 1.82) is 5.26 Å². The third kappa shape index (κ3) is 2.99. The van der Waals surface area contributed by atoms with Crippen molar-refractivity contribution in [3.63, 3.8) is 0 Å². The highest BCUT2D eigenvalue weighted by atomic mass is 79.9. The number of hydrogen-bond donors (Lipinski definition) is 1. The summed E-state index contributed by atoms with van der Waals surface area (Å²) in [6.45, 7) is 4.13. The van der Waals surface area contributed by atoms with Crippen molar-refractivity contribution in [3.05, 3.63) is 27.7 Å². The first-order valence-corrected chi connectivity index (χ1v) is 6.54. The zero-order chi connectivity index (χ0) is 12.3. The predicted octanol–water partition coefficient (Wildman–Crippen LogP) is 2.63. The van der Waals surface area contributed by atoms with E-state index in [1.807, 2.05) is 6.92 Å². The molecule has 0 fully saturated rings. The van der Waals surface area contributed by atoms with Gasteiger partial charge in [-0.25, -0.2) is 0 Å². The van der Waals surface area contributed by atoms with Gasteiger partial charge in [-0.05, 0) is 24.6 Å². The van der Waals surface area contributed by atoms with Crippen LogP contribution in [0.4, 0.5) is 0 Å². The summed E-state index contributed by atoms with van der Waals surface area (Å²) in [6.07, 6.45) is 0.983. The fraction of sp³-hybridized carbons (Fsp3) is 0.462. The standard InChI is InChI=1S/C13H15BrN2O/c1-9(6-15)7-16-8-11-5-12(14)4-10-2-3-17-13(10)11/h4-5,9,16H,2-3,7-8H2,1H3. The first kappa shape index (κ1) is 12.4. The van der Waals surface area contributed by atoms with E-state index in [0.717, 1.165) is 35.4 Å². The highest BCUT2D eigenvalue weighted by Crippen LogP contribution is 2.32. The Hall–Kier alpha value is -1.05. The fourth-order valence-corrected chi connectivity index (χ4v) is 2.50. The minimum atomic E-state index is 0.0381. The summed E-state index contributed by atoms with van der Waals surface area (Å²) in [5.74, 6) is 1.06. The van der Waals surface area contributed by atoms with E-state index >= 15 is 0 Å². The molecule has 3 nitrogen and oxygen atoms in total. The predicted molar refractivity (Wildman–Crippen MR) is 69.8 cm³/mol. The zero-order valence-electron chi connectivity index (χ0n) is 9.79. The summed E-state index contributed by atoms with van der Waals surface area (Å²) in [5, 5.41) is 12.0. The Bertz CT molecular complexity index is 453. The number of nitrogens with one attached hydrogen (secondary N) is 1. The van der Waals surface area contributed by atoms with Gasteiger partial charge in [-0.15, -0.1) is 0 Å². The van der Waals surface area contributed by atoms with Crippen LogP contribution in [-0.2, 0) is 13.0 Å². The van der Waals surface area contributed by atoms with Gasteiger partial charge in [0.1, 0.15) is 5.75 Å². The lowest BCUT2D eigenvalue weighted by Crippen LogP contribution is -2.20. The Balaban J connectivity index is 2.04. The largest absolute Gasteiger partial charge is 0.493 e. The summed E-state index contributed by atoms with van der Waals surface area (Å²) in [6, 6.07) is 6.40. The number of rotatable bonds is 4. The van der Waals surface area contributed by atoms with Crippen molar-refractivity contribution in [2.45, 2.75) is 19.9 Å². The normalized spacial score (nSPS) is 14.9. The number of ether oxygens (including phenoxy) is 1. The molecule has 4 heteroatoms. The van der Waals surface area contributed by atoms with Crippen LogP contribution < -0.4 is 10.1 Å². The highest BCUT2D eigenvalue weighted by molar-refractivity contribution is 9.10. The Morgan fingerprint density at radius 3 is 3.18 bits per heavy atom. The van der Waals surface area contributed by atoms with E-state index < -0.39 is 0 Å². The van der Waals surface area contributed by atoms with E-state index in [0.29, 0.717) is 6.54 Å². The molecule has 1 aliphatic heterocycles. The minimum absolute atomic E-state index is 0.0381. The van der Waals surface area contributed by atoms with Crippen LogP contribution in [0.15, 0.2) is 16.6 Å². The number of benzene rings is 1. The molecule has 1 heterocycles. The molecule has 90 valence electrons. The van der Waals surface area contributed by atoms with Crippen LogP contribution in [-0.4, -0.2) is 13.2 Å². The van der Waals surface area contributed by atoms with E-state index in [2.05, 4.69) is 39.4 Å². The fourth-order valence-electron chi connectivity index (χ4n) is 1.95. The van der Waals surface area contributed by atoms with Gasteiger partial charge in [0, 0.05) is 29.5 Å². The van der Waals surface area contributed by atoms with Crippen molar-refractivity contribution in [2.75, 3.05) is 13.2 Å². The van der Waals surface area contributed by atoms with Crippen LogP contribution in [0, 0.1) is 17.2 Å². The van der Waals surface area contributed by atoms with E-state index in [1.54, 1.807) is 0 Å². The third-order valence-electron chi connectivity index (χ3n) is 2.81. The van der Waals surface area contributed by atoms with Crippen LogP contribution in [0.2, 0.25) is 0 Å². The van der Waals surface area contributed by atoms with Crippen molar-refractivity contribution < 1.29 is 4.74 Å². The number of fused-ring (bicyclic) bond motifs is 1. The smallest absolute Gasteiger partial charge is 0.127 e. The molecule has 1 aromatic rings. The maximum Gasteiger partial charge on any atom is 0.127 e. The van der Waals surface area contributed by atoms with Gasteiger partial charge in [0.05, 0.1) is 18.6 Å². The first-order valence-electron chi connectivity index (χ1n) is 5.75. The molecule has 0 radical (unpaired) electrons. The summed E-state index contributed by atoms with van der Waals surface area (Å²) in [4.78, 5) is 0. The SMILES string of the molecule is CC(C#N)CNCc1cc(Br)cc2c1OCC2. The Labute approximate surface area is 110 Å². The molecule has 1 unspecified atom stereocenters. The third-order valence-corrected chi connectivity index (χ3v) is 3.27. The van der Waals surface area contributed by atoms with Gasteiger partial charge in [0.2, 0.25) is 0 Å². The number of hydrogen-bond acceptors (Lipinski definition) is 3. The van der Waals surface area contributed by atoms with Crippen LogP contribution in [0.3, 0.4) is 0 Å². The minimum Gasteiger partial charge on any atom is -0.493 e. The lowest BCUT2D eigenvalue weighted by molar-refractivity contribution is 0.352. The molecule has 0 spiro atoms. The quantitative estimate of drug-likeness (QED) is 0.928.